The molecule has 5 heteroatoms. The molecule has 4 nitrogen and oxygen atoms in total. The molecule has 0 heterocycles. The van der Waals surface area contributed by atoms with Crippen molar-refractivity contribution >= 4 is 17.0 Å². The molecule has 0 saturated heterocycles. The van der Waals surface area contributed by atoms with Gasteiger partial charge in [0.1, 0.15) is 0 Å². The maximum atomic E-state index is 11.5. The molecule has 1 N–H and O–H groups in total. The Bertz CT molecular complexity index is 494. The number of hydrogen-bond donors (Lipinski definition) is 1. The summed E-state index contributed by atoms with van der Waals surface area (Å²) in [5, 5.41) is 0. The summed E-state index contributed by atoms with van der Waals surface area (Å²) < 4.78 is 25.1. The highest BCUT2D eigenvalue weighted by atomic mass is 32.2. The summed E-state index contributed by atoms with van der Waals surface area (Å²) in [5.41, 5.74) is 1.33. The van der Waals surface area contributed by atoms with Gasteiger partial charge >= 0.3 is 5.97 Å². The lowest BCUT2D eigenvalue weighted by molar-refractivity contribution is 0.0600. The monoisotopic (exact) mass is 312 g/mol. The molecule has 118 valence electrons. The molecule has 21 heavy (non-hydrogen) atoms. The molecular weight excluding hydrogens is 288 g/mol. The third-order valence-electron chi connectivity index (χ3n) is 4.05. The zero-order valence-electron chi connectivity index (χ0n) is 13.1. The Kier molecular flexibility index (Phi) is 6.55. The van der Waals surface area contributed by atoms with E-state index in [2.05, 4.69) is 25.5 Å². The molecule has 0 amide bonds. The van der Waals surface area contributed by atoms with Crippen LogP contribution in [0.2, 0.25) is 0 Å². The van der Waals surface area contributed by atoms with Gasteiger partial charge in [-0.1, -0.05) is 39.3 Å². The zero-order chi connectivity index (χ0) is 16.0. The first-order valence-corrected chi connectivity index (χ1v) is 8.36. The molecule has 0 saturated carbocycles. The van der Waals surface area contributed by atoms with Crippen molar-refractivity contribution in [3.05, 3.63) is 35.4 Å². The molecule has 0 bridgehead atoms. The number of esters is 1. The van der Waals surface area contributed by atoms with Crippen molar-refractivity contribution in [3.63, 3.8) is 0 Å². The molecule has 0 aliphatic heterocycles. The minimum absolute atomic E-state index is 0.109. The van der Waals surface area contributed by atoms with Gasteiger partial charge in [0.05, 0.1) is 18.4 Å². The molecule has 0 fully saturated rings. The summed E-state index contributed by atoms with van der Waals surface area (Å²) in [5.74, 6) is 0.0119. The summed E-state index contributed by atoms with van der Waals surface area (Å²) in [6.07, 6.45) is 1.85. The van der Waals surface area contributed by atoms with Crippen molar-refractivity contribution < 1.29 is 18.3 Å². The average molecular weight is 312 g/mol. The van der Waals surface area contributed by atoms with Gasteiger partial charge in [-0.3, -0.25) is 0 Å². The molecule has 0 aromatic heterocycles. The van der Waals surface area contributed by atoms with E-state index in [1.807, 2.05) is 12.1 Å². The number of carbonyl (C=O) groups is 1. The Morgan fingerprint density at radius 2 is 1.90 bits per heavy atom. The van der Waals surface area contributed by atoms with Crippen LogP contribution < -0.4 is 0 Å². The average Bonchev–Trinajstić information content (AvgIpc) is 2.45. The minimum Gasteiger partial charge on any atom is -0.465 e. The quantitative estimate of drug-likeness (QED) is 0.619. The smallest absolute Gasteiger partial charge is 0.337 e. The van der Waals surface area contributed by atoms with Gasteiger partial charge in [0.25, 0.3) is 0 Å². The maximum absolute atomic E-state index is 11.5. The number of benzene rings is 1. The molecule has 0 radical (unpaired) electrons. The highest BCUT2D eigenvalue weighted by molar-refractivity contribution is 7.79. The fourth-order valence-corrected chi connectivity index (χ4v) is 3.49. The van der Waals surface area contributed by atoms with E-state index >= 15 is 0 Å². The molecule has 0 aliphatic rings. The predicted octanol–water partition coefficient (Wildman–Crippen LogP) is 3.39. The minimum atomic E-state index is -1.80. The lowest BCUT2D eigenvalue weighted by Gasteiger charge is -2.34. The van der Waals surface area contributed by atoms with Gasteiger partial charge in [-0.2, -0.15) is 0 Å². The second-order valence-electron chi connectivity index (χ2n) is 5.76. The van der Waals surface area contributed by atoms with Crippen LogP contribution in [0, 0.1) is 5.92 Å². The molecule has 1 aromatic rings. The van der Waals surface area contributed by atoms with Gasteiger partial charge in [-0.25, -0.2) is 9.00 Å². The molecule has 2 atom stereocenters. The van der Waals surface area contributed by atoms with Crippen molar-refractivity contribution in [1.82, 2.24) is 0 Å². The van der Waals surface area contributed by atoms with Crippen LogP contribution >= 0.6 is 0 Å². The molecule has 1 rings (SSSR count). The number of rotatable bonds is 7. The fourth-order valence-electron chi connectivity index (χ4n) is 2.56. The van der Waals surface area contributed by atoms with E-state index in [-0.39, 0.29) is 23.1 Å². The third kappa shape index (κ3) is 4.64. The number of carbonyl (C=O) groups excluding carboxylic acids is 1. The summed E-state index contributed by atoms with van der Waals surface area (Å²) in [6, 6.07) is 7.27. The Balaban J connectivity index is 3.03. The molecule has 2 unspecified atom stereocenters. The highest BCUT2D eigenvalue weighted by Gasteiger charge is 2.32. The molecule has 1 aromatic carbocycles. The van der Waals surface area contributed by atoms with Gasteiger partial charge in [0.15, 0.2) is 11.1 Å². The first kappa shape index (κ1) is 17.9. The van der Waals surface area contributed by atoms with E-state index in [0.29, 0.717) is 5.56 Å². The van der Waals surface area contributed by atoms with E-state index < -0.39 is 11.1 Å². The standard InChI is InChI=1S/C16H24O4S/c1-5-6-14(11-21(18)19)16(2,3)13-9-7-12(8-10-13)15(17)20-4/h7-10,14H,5-6,11H2,1-4H3,(H,18,19). The maximum Gasteiger partial charge on any atom is 0.337 e. The Morgan fingerprint density at radius 3 is 2.33 bits per heavy atom. The Labute approximate surface area is 129 Å². The van der Waals surface area contributed by atoms with E-state index in [9.17, 15) is 13.6 Å². The van der Waals surface area contributed by atoms with Crippen molar-refractivity contribution in [2.24, 2.45) is 5.92 Å². The van der Waals surface area contributed by atoms with Crippen LogP contribution in [0.1, 0.15) is 49.5 Å². The van der Waals surface area contributed by atoms with E-state index in [0.717, 1.165) is 18.4 Å². The van der Waals surface area contributed by atoms with Gasteiger partial charge in [-0.15, -0.1) is 0 Å². The van der Waals surface area contributed by atoms with Crippen molar-refractivity contribution in [2.45, 2.75) is 39.0 Å². The van der Waals surface area contributed by atoms with Crippen LogP contribution in [0.25, 0.3) is 0 Å². The lowest BCUT2D eigenvalue weighted by Crippen LogP contribution is -2.32. The first-order valence-electron chi connectivity index (χ1n) is 7.09. The van der Waals surface area contributed by atoms with Gasteiger partial charge in [0.2, 0.25) is 0 Å². The van der Waals surface area contributed by atoms with Crippen molar-refractivity contribution in [3.8, 4) is 0 Å². The lowest BCUT2D eigenvalue weighted by atomic mass is 9.72. The highest BCUT2D eigenvalue weighted by Crippen LogP contribution is 2.35. The fraction of sp³-hybridized carbons (Fsp3) is 0.562. The SMILES string of the molecule is CCCC(CS(=O)O)C(C)(C)c1ccc(C(=O)OC)cc1. The summed E-state index contributed by atoms with van der Waals surface area (Å²) in [7, 11) is 1.36. The topological polar surface area (TPSA) is 63.6 Å². The van der Waals surface area contributed by atoms with Crippen LogP contribution in [0.5, 0.6) is 0 Å². The molecular formula is C16H24O4S. The van der Waals surface area contributed by atoms with Crippen molar-refractivity contribution in [2.75, 3.05) is 12.9 Å². The third-order valence-corrected chi connectivity index (χ3v) is 4.74. The first-order chi connectivity index (χ1) is 9.82. The van der Waals surface area contributed by atoms with E-state index in [1.165, 1.54) is 7.11 Å². The summed E-state index contributed by atoms with van der Waals surface area (Å²) in [4.78, 5) is 11.5. The Hall–Kier alpha value is -1.20. The van der Waals surface area contributed by atoms with E-state index in [4.69, 9.17) is 0 Å². The van der Waals surface area contributed by atoms with Gasteiger partial charge in [0, 0.05) is 0 Å². The van der Waals surface area contributed by atoms with Gasteiger partial charge in [-0.05, 0) is 35.4 Å². The number of hydrogen-bond acceptors (Lipinski definition) is 3. The second kappa shape index (κ2) is 7.71. The van der Waals surface area contributed by atoms with Gasteiger partial charge < -0.3 is 9.29 Å². The molecule has 0 aliphatic carbocycles. The van der Waals surface area contributed by atoms with Crippen LogP contribution in [0.3, 0.4) is 0 Å². The van der Waals surface area contributed by atoms with Crippen LogP contribution in [-0.4, -0.2) is 27.6 Å². The van der Waals surface area contributed by atoms with Crippen LogP contribution in [0.4, 0.5) is 0 Å². The van der Waals surface area contributed by atoms with E-state index in [1.54, 1.807) is 12.1 Å². The van der Waals surface area contributed by atoms with Crippen LogP contribution in [-0.2, 0) is 21.2 Å². The Morgan fingerprint density at radius 1 is 1.33 bits per heavy atom. The zero-order valence-corrected chi connectivity index (χ0v) is 13.9. The second-order valence-corrected chi connectivity index (χ2v) is 6.74. The van der Waals surface area contributed by atoms with Crippen molar-refractivity contribution in [1.29, 1.82) is 0 Å². The molecule has 0 spiro atoms. The summed E-state index contributed by atoms with van der Waals surface area (Å²) >= 11 is -1.80. The van der Waals surface area contributed by atoms with Crippen LogP contribution in [0.15, 0.2) is 24.3 Å². The largest absolute Gasteiger partial charge is 0.465 e. The number of ether oxygens (including phenoxy) is 1. The predicted molar refractivity (Wildman–Crippen MR) is 84.8 cm³/mol. The normalized spacial score (nSPS) is 14.5. The number of methoxy groups -OCH3 is 1. The summed E-state index contributed by atoms with van der Waals surface area (Å²) in [6.45, 7) is 6.23.